The van der Waals surface area contributed by atoms with Crippen LogP contribution >= 0.6 is 12.2 Å². The molecule has 0 bridgehead atoms. The summed E-state index contributed by atoms with van der Waals surface area (Å²) in [6, 6.07) is 10.8. The SMILES string of the molecule is COc1cc(OC)cc(C(=O)NNC(=S)Nc2cccc(C)c2C)c1. The topological polar surface area (TPSA) is 71.6 Å². The van der Waals surface area contributed by atoms with Crippen LogP contribution in [0.5, 0.6) is 11.5 Å². The van der Waals surface area contributed by atoms with Crippen LogP contribution in [0.25, 0.3) is 0 Å². The van der Waals surface area contributed by atoms with Crippen LogP contribution in [0.2, 0.25) is 0 Å². The number of rotatable bonds is 4. The third-order valence-corrected chi connectivity index (χ3v) is 3.96. The fourth-order valence-corrected chi connectivity index (χ4v) is 2.33. The molecule has 2 aromatic carbocycles. The van der Waals surface area contributed by atoms with Gasteiger partial charge in [0.1, 0.15) is 11.5 Å². The van der Waals surface area contributed by atoms with Gasteiger partial charge in [0.25, 0.3) is 5.91 Å². The lowest BCUT2D eigenvalue weighted by Crippen LogP contribution is -2.43. The molecule has 25 heavy (non-hydrogen) atoms. The highest BCUT2D eigenvalue weighted by Gasteiger charge is 2.10. The first kappa shape index (κ1) is 18.5. The second-order valence-corrected chi connectivity index (χ2v) is 5.79. The predicted molar refractivity (Wildman–Crippen MR) is 102 cm³/mol. The van der Waals surface area contributed by atoms with E-state index in [1.807, 2.05) is 32.0 Å². The molecule has 0 spiro atoms. The first-order valence-electron chi connectivity index (χ1n) is 7.61. The number of nitrogens with one attached hydrogen (secondary N) is 3. The predicted octanol–water partition coefficient (Wildman–Crippen LogP) is 2.95. The fraction of sp³-hybridized carbons (Fsp3) is 0.222. The maximum Gasteiger partial charge on any atom is 0.269 e. The average molecular weight is 359 g/mol. The van der Waals surface area contributed by atoms with E-state index >= 15 is 0 Å². The summed E-state index contributed by atoms with van der Waals surface area (Å²) in [7, 11) is 3.05. The molecule has 0 atom stereocenters. The number of carbonyl (C=O) groups excluding carboxylic acids is 1. The van der Waals surface area contributed by atoms with Crippen LogP contribution in [-0.4, -0.2) is 25.2 Å². The minimum absolute atomic E-state index is 0.289. The van der Waals surface area contributed by atoms with Gasteiger partial charge in [-0.25, -0.2) is 0 Å². The number of amides is 1. The Kier molecular flexibility index (Phi) is 6.19. The molecular formula is C18H21N3O3S. The molecule has 0 aliphatic heterocycles. The summed E-state index contributed by atoms with van der Waals surface area (Å²) < 4.78 is 10.3. The van der Waals surface area contributed by atoms with Gasteiger partial charge in [0.2, 0.25) is 0 Å². The highest BCUT2D eigenvalue weighted by Crippen LogP contribution is 2.22. The number of thiocarbonyl (C=S) groups is 1. The third kappa shape index (κ3) is 4.84. The van der Waals surface area contributed by atoms with E-state index in [9.17, 15) is 4.79 Å². The van der Waals surface area contributed by atoms with Gasteiger partial charge in [-0.3, -0.25) is 15.6 Å². The van der Waals surface area contributed by atoms with Crippen LogP contribution in [0.3, 0.4) is 0 Å². The van der Waals surface area contributed by atoms with Crippen molar-refractivity contribution in [3.05, 3.63) is 53.1 Å². The zero-order valence-electron chi connectivity index (χ0n) is 14.6. The van der Waals surface area contributed by atoms with Crippen molar-refractivity contribution in [2.45, 2.75) is 13.8 Å². The number of methoxy groups -OCH3 is 2. The Hall–Kier alpha value is -2.80. The summed E-state index contributed by atoms with van der Waals surface area (Å²) in [6.45, 7) is 4.02. The second-order valence-electron chi connectivity index (χ2n) is 5.38. The largest absolute Gasteiger partial charge is 0.497 e. The zero-order valence-corrected chi connectivity index (χ0v) is 15.4. The molecule has 0 radical (unpaired) electrons. The monoisotopic (exact) mass is 359 g/mol. The molecule has 7 heteroatoms. The minimum atomic E-state index is -0.359. The standard InChI is InChI=1S/C18H21N3O3S/c1-11-6-5-7-16(12(11)2)19-18(25)21-20-17(22)13-8-14(23-3)10-15(9-13)24-4/h5-10H,1-4H3,(H,20,22)(H2,19,21,25). The van der Waals surface area contributed by atoms with Crippen molar-refractivity contribution < 1.29 is 14.3 Å². The summed E-state index contributed by atoms with van der Waals surface area (Å²) in [5, 5.41) is 3.35. The number of hydrazine groups is 1. The first-order chi connectivity index (χ1) is 11.9. The van der Waals surface area contributed by atoms with Crippen LogP contribution in [0, 0.1) is 13.8 Å². The second kappa shape index (κ2) is 8.34. The van der Waals surface area contributed by atoms with Gasteiger partial charge in [0.15, 0.2) is 5.11 Å². The van der Waals surface area contributed by atoms with Gasteiger partial charge in [-0.15, -0.1) is 0 Å². The molecular weight excluding hydrogens is 338 g/mol. The van der Waals surface area contributed by atoms with Crippen LogP contribution in [0.4, 0.5) is 5.69 Å². The Morgan fingerprint density at radius 2 is 1.64 bits per heavy atom. The smallest absolute Gasteiger partial charge is 0.269 e. The van der Waals surface area contributed by atoms with E-state index in [2.05, 4.69) is 16.2 Å². The summed E-state index contributed by atoms with van der Waals surface area (Å²) >= 11 is 5.22. The molecule has 0 aromatic heterocycles. The number of hydrogen-bond acceptors (Lipinski definition) is 4. The molecule has 0 saturated carbocycles. The van der Waals surface area contributed by atoms with Crippen molar-refractivity contribution in [2.24, 2.45) is 0 Å². The lowest BCUT2D eigenvalue weighted by atomic mass is 10.1. The average Bonchev–Trinajstić information content (AvgIpc) is 2.63. The van der Waals surface area contributed by atoms with Crippen molar-refractivity contribution in [2.75, 3.05) is 19.5 Å². The van der Waals surface area contributed by atoms with E-state index < -0.39 is 0 Å². The van der Waals surface area contributed by atoms with E-state index in [-0.39, 0.29) is 11.0 Å². The Bertz CT molecular complexity index is 771. The summed E-state index contributed by atoms with van der Waals surface area (Å²) in [4.78, 5) is 12.3. The van der Waals surface area contributed by atoms with Gasteiger partial charge in [-0.1, -0.05) is 12.1 Å². The Labute approximate surface area is 152 Å². The molecule has 0 aliphatic rings. The molecule has 3 N–H and O–H groups in total. The Balaban J connectivity index is 2.00. The van der Waals surface area contributed by atoms with E-state index in [0.29, 0.717) is 17.1 Å². The van der Waals surface area contributed by atoms with Crippen LogP contribution < -0.4 is 25.6 Å². The molecule has 0 unspecified atom stereocenters. The van der Waals surface area contributed by atoms with Crippen LogP contribution in [0.1, 0.15) is 21.5 Å². The molecule has 2 rings (SSSR count). The van der Waals surface area contributed by atoms with E-state index in [4.69, 9.17) is 21.7 Å². The highest BCUT2D eigenvalue weighted by molar-refractivity contribution is 7.80. The molecule has 6 nitrogen and oxygen atoms in total. The van der Waals surface area contributed by atoms with E-state index in [1.165, 1.54) is 14.2 Å². The fourth-order valence-electron chi connectivity index (χ4n) is 2.16. The quantitative estimate of drug-likeness (QED) is 0.576. The first-order valence-corrected chi connectivity index (χ1v) is 8.02. The number of ether oxygens (including phenoxy) is 2. The number of hydrogen-bond donors (Lipinski definition) is 3. The normalized spacial score (nSPS) is 9.92. The molecule has 0 heterocycles. The van der Waals surface area contributed by atoms with Crippen molar-refractivity contribution in [3.8, 4) is 11.5 Å². The summed E-state index contributed by atoms with van der Waals surface area (Å²) in [5.41, 5.74) is 8.76. The lowest BCUT2D eigenvalue weighted by molar-refractivity contribution is 0.0943. The van der Waals surface area contributed by atoms with Crippen molar-refractivity contribution >= 4 is 28.9 Å². The van der Waals surface area contributed by atoms with E-state index in [0.717, 1.165) is 16.8 Å². The van der Waals surface area contributed by atoms with Gasteiger partial charge >= 0.3 is 0 Å². The maximum absolute atomic E-state index is 12.3. The van der Waals surface area contributed by atoms with Crippen LogP contribution in [0.15, 0.2) is 36.4 Å². The number of benzene rings is 2. The van der Waals surface area contributed by atoms with Gasteiger partial charge in [0, 0.05) is 17.3 Å². The lowest BCUT2D eigenvalue weighted by Gasteiger charge is -2.14. The summed E-state index contributed by atoms with van der Waals surface area (Å²) in [5.74, 6) is 0.698. The zero-order chi connectivity index (χ0) is 18.4. The Morgan fingerprint density at radius 3 is 2.24 bits per heavy atom. The van der Waals surface area contributed by atoms with Crippen LogP contribution in [-0.2, 0) is 0 Å². The molecule has 0 fully saturated rings. The van der Waals surface area contributed by atoms with E-state index in [1.54, 1.807) is 18.2 Å². The molecule has 1 amide bonds. The molecule has 0 aliphatic carbocycles. The van der Waals surface area contributed by atoms with Gasteiger partial charge in [0.05, 0.1) is 14.2 Å². The highest BCUT2D eigenvalue weighted by atomic mass is 32.1. The van der Waals surface area contributed by atoms with Gasteiger partial charge in [-0.2, -0.15) is 0 Å². The number of anilines is 1. The van der Waals surface area contributed by atoms with Crippen molar-refractivity contribution in [1.82, 2.24) is 10.9 Å². The minimum Gasteiger partial charge on any atom is -0.497 e. The number of aryl methyl sites for hydroxylation is 1. The van der Waals surface area contributed by atoms with Crippen molar-refractivity contribution in [1.29, 1.82) is 0 Å². The van der Waals surface area contributed by atoms with Gasteiger partial charge in [-0.05, 0) is 55.4 Å². The molecule has 132 valence electrons. The number of carbonyl (C=O) groups is 1. The third-order valence-electron chi connectivity index (χ3n) is 3.76. The summed E-state index contributed by atoms with van der Waals surface area (Å²) in [6.07, 6.45) is 0. The Morgan fingerprint density at radius 1 is 1.00 bits per heavy atom. The maximum atomic E-state index is 12.3. The van der Waals surface area contributed by atoms with Crippen molar-refractivity contribution in [3.63, 3.8) is 0 Å². The molecule has 2 aromatic rings. The molecule has 0 saturated heterocycles. The van der Waals surface area contributed by atoms with Gasteiger partial charge < -0.3 is 14.8 Å².